The Balaban J connectivity index is 2.06. The number of benzene rings is 2. The van der Waals surface area contributed by atoms with E-state index in [2.05, 4.69) is 5.32 Å². The number of nitrogens with one attached hydrogen (secondary N) is 1. The lowest BCUT2D eigenvalue weighted by atomic mass is 10.1. The molecule has 0 bridgehead atoms. The highest BCUT2D eigenvalue weighted by molar-refractivity contribution is 6.31. The lowest BCUT2D eigenvalue weighted by molar-refractivity contribution is -0.117. The van der Waals surface area contributed by atoms with Crippen LogP contribution in [0.2, 0.25) is 5.02 Å². The first-order valence-electron chi connectivity index (χ1n) is 7.92. The number of anilines is 1. The van der Waals surface area contributed by atoms with E-state index in [1.165, 1.54) is 0 Å². The molecule has 6 heteroatoms. The van der Waals surface area contributed by atoms with Crippen molar-refractivity contribution in [1.29, 1.82) is 0 Å². The van der Waals surface area contributed by atoms with Gasteiger partial charge in [-0.05, 0) is 38.2 Å². The zero-order valence-corrected chi connectivity index (χ0v) is 15.6. The van der Waals surface area contributed by atoms with Crippen molar-refractivity contribution in [3.63, 3.8) is 0 Å². The number of amides is 1. The van der Waals surface area contributed by atoms with E-state index < -0.39 is 0 Å². The third-order valence-electron chi connectivity index (χ3n) is 4.08. The van der Waals surface area contributed by atoms with Crippen molar-refractivity contribution < 1.29 is 14.3 Å². The molecule has 25 heavy (non-hydrogen) atoms. The minimum atomic E-state index is -0.148. The first kappa shape index (κ1) is 19.1. The van der Waals surface area contributed by atoms with Crippen LogP contribution in [0.15, 0.2) is 42.5 Å². The van der Waals surface area contributed by atoms with Crippen LogP contribution >= 0.6 is 11.6 Å². The van der Waals surface area contributed by atoms with Gasteiger partial charge in [0.2, 0.25) is 5.91 Å². The average Bonchev–Trinajstić information content (AvgIpc) is 2.61. The van der Waals surface area contributed by atoms with Crippen LogP contribution in [0.5, 0.6) is 11.5 Å². The van der Waals surface area contributed by atoms with Crippen LogP contribution in [0.3, 0.4) is 0 Å². The zero-order chi connectivity index (χ0) is 18.4. The third kappa shape index (κ3) is 4.87. The Morgan fingerprint density at radius 1 is 1.16 bits per heavy atom. The van der Waals surface area contributed by atoms with Crippen LogP contribution in [0.25, 0.3) is 0 Å². The molecule has 1 unspecified atom stereocenters. The van der Waals surface area contributed by atoms with Gasteiger partial charge in [-0.1, -0.05) is 29.8 Å². The molecule has 2 aromatic rings. The summed E-state index contributed by atoms with van der Waals surface area (Å²) in [6, 6.07) is 12.9. The number of likely N-dealkylation sites (N-methyl/N-ethyl adjacent to an activating group) is 1. The van der Waals surface area contributed by atoms with Crippen LogP contribution in [-0.4, -0.2) is 38.6 Å². The maximum Gasteiger partial charge on any atom is 0.238 e. The molecule has 0 aliphatic heterocycles. The summed E-state index contributed by atoms with van der Waals surface area (Å²) < 4.78 is 10.7. The van der Waals surface area contributed by atoms with E-state index >= 15 is 0 Å². The second-order valence-corrected chi connectivity index (χ2v) is 6.16. The van der Waals surface area contributed by atoms with Crippen LogP contribution in [-0.2, 0) is 4.79 Å². The summed E-state index contributed by atoms with van der Waals surface area (Å²) in [5, 5.41) is 3.38. The van der Waals surface area contributed by atoms with Crippen molar-refractivity contribution in [2.45, 2.75) is 13.0 Å². The number of rotatable bonds is 7. The highest BCUT2D eigenvalue weighted by atomic mass is 35.5. The van der Waals surface area contributed by atoms with E-state index in [9.17, 15) is 4.79 Å². The topological polar surface area (TPSA) is 50.8 Å². The smallest absolute Gasteiger partial charge is 0.238 e. The van der Waals surface area contributed by atoms with E-state index in [1.54, 1.807) is 32.4 Å². The van der Waals surface area contributed by atoms with Gasteiger partial charge in [0.05, 0.1) is 26.5 Å². The fourth-order valence-corrected chi connectivity index (χ4v) is 2.75. The second kappa shape index (κ2) is 8.74. The van der Waals surface area contributed by atoms with E-state index in [-0.39, 0.29) is 18.5 Å². The first-order valence-corrected chi connectivity index (χ1v) is 8.30. The average molecular weight is 363 g/mol. The fourth-order valence-electron chi connectivity index (χ4n) is 2.58. The number of methoxy groups -OCH3 is 2. The summed E-state index contributed by atoms with van der Waals surface area (Å²) in [7, 11) is 5.09. The van der Waals surface area contributed by atoms with Gasteiger partial charge in [-0.3, -0.25) is 9.69 Å². The number of nitrogens with zero attached hydrogens (tertiary/aromatic N) is 1. The molecule has 2 aromatic carbocycles. The molecule has 1 N–H and O–H groups in total. The van der Waals surface area contributed by atoms with E-state index in [1.807, 2.05) is 43.1 Å². The summed E-state index contributed by atoms with van der Waals surface area (Å²) >= 11 is 6.00. The molecule has 134 valence electrons. The number of halogens is 1. The van der Waals surface area contributed by atoms with Gasteiger partial charge in [0, 0.05) is 16.6 Å². The summed E-state index contributed by atoms with van der Waals surface area (Å²) in [5.41, 5.74) is 1.58. The third-order valence-corrected chi connectivity index (χ3v) is 4.31. The van der Waals surface area contributed by atoms with Crippen LogP contribution in [0.1, 0.15) is 18.5 Å². The predicted molar refractivity (Wildman–Crippen MR) is 101 cm³/mol. The van der Waals surface area contributed by atoms with Crippen molar-refractivity contribution in [2.24, 2.45) is 0 Å². The number of para-hydroxylation sites is 1. The maximum atomic E-state index is 12.4. The van der Waals surface area contributed by atoms with Crippen LogP contribution < -0.4 is 14.8 Å². The molecule has 5 nitrogen and oxygen atoms in total. The Bertz CT molecular complexity index is 736. The van der Waals surface area contributed by atoms with Gasteiger partial charge in [0.15, 0.2) is 0 Å². The number of ether oxygens (including phenoxy) is 2. The summed E-state index contributed by atoms with van der Waals surface area (Å²) in [6.07, 6.45) is 0. The van der Waals surface area contributed by atoms with Crippen LogP contribution in [0.4, 0.5) is 5.69 Å². The van der Waals surface area contributed by atoms with E-state index in [0.29, 0.717) is 16.5 Å². The maximum absolute atomic E-state index is 12.4. The lowest BCUT2D eigenvalue weighted by Gasteiger charge is -2.26. The highest BCUT2D eigenvalue weighted by Crippen LogP contribution is 2.29. The summed E-state index contributed by atoms with van der Waals surface area (Å²) in [5.74, 6) is 1.22. The molecule has 0 aliphatic rings. The Hall–Kier alpha value is -2.24. The Morgan fingerprint density at radius 2 is 1.84 bits per heavy atom. The summed E-state index contributed by atoms with van der Waals surface area (Å²) in [4.78, 5) is 14.4. The Morgan fingerprint density at radius 3 is 2.52 bits per heavy atom. The molecule has 1 amide bonds. The molecule has 0 radical (unpaired) electrons. The van der Waals surface area contributed by atoms with E-state index in [0.717, 1.165) is 11.3 Å². The molecule has 1 atom stereocenters. The van der Waals surface area contributed by atoms with Crippen LogP contribution in [0, 0.1) is 0 Å². The molecule has 0 aromatic heterocycles. The standard InChI is InChI=1S/C19H23ClN2O3/c1-13(15-7-5-6-8-17(15)24-3)22(2)12-19(23)21-16-11-14(20)9-10-18(16)25-4/h5-11,13H,12H2,1-4H3,(H,21,23). The van der Waals surface area contributed by atoms with Crippen molar-refractivity contribution in [2.75, 3.05) is 33.1 Å². The van der Waals surface area contributed by atoms with Crippen molar-refractivity contribution in [1.82, 2.24) is 4.90 Å². The monoisotopic (exact) mass is 362 g/mol. The molecular formula is C19H23ClN2O3. The number of carbonyl (C=O) groups excluding carboxylic acids is 1. The number of hydrogen-bond acceptors (Lipinski definition) is 4. The largest absolute Gasteiger partial charge is 0.496 e. The minimum absolute atomic E-state index is 0.0168. The minimum Gasteiger partial charge on any atom is -0.496 e. The first-order chi connectivity index (χ1) is 12.0. The van der Waals surface area contributed by atoms with Gasteiger partial charge in [0.25, 0.3) is 0 Å². The molecule has 2 rings (SSSR count). The summed E-state index contributed by atoms with van der Waals surface area (Å²) in [6.45, 7) is 2.25. The molecule has 0 saturated heterocycles. The Labute approximate surface area is 153 Å². The molecule has 0 fully saturated rings. The lowest BCUT2D eigenvalue weighted by Crippen LogP contribution is -2.32. The zero-order valence-electron chi connectivity index (χ0n) is 14.9. The second-order valence-electron chi connectivity index (χ2n) is 5.73. The van der Waals surface area contributed by atoms with E-state index in [4.69, 9.17) is 21.1 Å². The molecule has 0 aliphatic carbocycles. The molecule has 0 spiro atoms. The van der Waals surface area contributed by atoms with Gasteiger partial charge in [-0.25, -0.2) is 0 Å². The van der Waals surface area contributed by atoms with Gasteiger partial charge in [-0.15, -0.1) is 0 Å². The van der Waals surface area contributed by atoms with Gasteiger partial charge in [-0.2, -0.15) is 0 Å². The van der Waals surface area contributed by atoms with Gasteiger partial charge < -0.3 is 14.8 Å². The number of carbonyl (C=O) groups is 1. The van der Waals surface area contributed by atoms with Gasteiger partial charge >= 0.3 is 0 Å². The highest BCUT2D eigenvalue weighted by Gasteiger charge is 2.18. The van der Waals surface area contributed by atoms with Crippen molar-refractivity contribution in [3.05, 3.63) is 53.1 Å². The molecule has 0 heterocycles. The SMILES string of the molecule is COc1ccc(Cl)cc1NC(=O)CN(C)C(C)c1ccccc1OC. The quantitative estimate of drug-likeness (QED) is 0.809. The Kier molecular flexibility index (Phi) is 6.67. The predicted octanol–water partition coefficient (Wildman–Crippen LogP) is 3.99. The molecular weight excluding hydrogens is 340 g/mol. The number of hydrogen-bond donors (Lipinski definition) is 1. The normalized spacial score (nSPS) is 11.9. The van der Waals surface area contributed by atoms with Gasteiger partial charge in [0.1, 0.15) is 11.5 Å². The van der Waals surface area contributed by atoms with Crippen molar-refractivity contribution in [3.8, 4) is 11.5 Å². The fraction of sp³-hybridized carbons (Fsp3) is 0.316. The van der Waals surface area contributed by atoms with Crippen molar-refractivity contribution >= 4 is 23.2 Å². The molecule has 0 saturated carbocycles.